The lowest BCUT2D eigenvalue weighted by Gasteiger charge is -2.53. The standard InChI is InChI=1S/C14H20N6O4S2.C2H7N.2ClH/c1-3-20-13(16-17-18-20)26-7-14(12(23)24-4-8(2)21)5-19-10(22)9(15)11(19)25-6-14;1-3-2;;/h9,11H,3-7,15H2,1-2H3;3H,1-2H3;2*1H/t9?,11-,14?;;;/m1.../s1. The number of amides is 1. The van der Waals surface area contributed by atoms with Gasteiger partial charge in [-0.05, 0) is 38.4 Å². The van der Waals surface area contributed by atoms with Crippen molar-refractivity contribution in [2.24, 2.45) is 11.1 Å². The summed E-state index contributed by atoms with van der Waals surface area (Å²) in [4.78, 5) is 37.6. The summed E-state index contributed by atoms with van der Waals surface area (Å²) in [6.45, 7) is 3.81. The second-order valence-electron chi connectivity index (χ2n) is 6.82. The quantitative estimate of drug-likeness (QED) is 0.282. The van der Waals surface area contributed by atoms with E-state index in [-0.39, 0.29) is 55.0 Å². The number of esters is 1. The number of tetrazole rings is 1. The third kappa shape index (κ3) is 6.93. The van der Waals surface area contributed by atoms with Crippen LogP contribution in [-0.4, -0.2) is 92.9 Å². The minimum atomic E-state index is -0.943. The molecular formula is C16H29Cl2N7O4S2. The van der Waals surface area contributed by atoms with Crippen LogP contribution in [0.1, 0.15) is 13.8 Å². The summed E-state index contributed by atoms with van der Waals surface area (Å²) in [5, 5.41) is 14.7. The summed E-state index contributed by atoms with van der Waals surface area (Å²) >= 11 is 2.80. The predicted octanol–water partition coefficient (Wildman–Crippen LogP) is -0.175. The summed E-state index contributed by atoms with van der Waals surface area (Å²) in [5.74, 6) is -0.112. The van der Waals surface area contributed by atoms with Crippen LogP contribution < -0.4 is 11.1 Å². The Balaban J connectivity index is 0.00000170. The molecule has 178 valence electrons. The molecule has 0 spiro atoms. The first-order valence-corrected chi connectivity index (χ1v) is 11.1. The normalized spacial score (nSPS) is 23.8. The Labute approximate surface area is 202 Å². The number of halogens is 2. The van der Waals surface area contributed by atoms with Gasteiger partial charge < -0.3 is 20.7 Å². The van der Waals surface area contributed by atoms with Crippen LogP contribution in [0.5, 0.6) is 0 Å². The third-order valence-corrected chi connectivity index (χ3v) is 7.16. The van der Waals surface area contributed by atoms with Gasteiger partial charge in [0.2, 0.25) is 11.1 Å². The minimum Gasteiger partial charge on any atom is -0.457 e. The Morgan fingerprint density at radius 2 is 2.03 bits per heavy atom. The van der Waals surface area contributed by atoms with Gasteiger partial charge in [-0.2, -0.15) is 0 Å². The number of hydrogen-bond acceptors (Lipinski definition) is 11. The fourth-order valence-electron chi connectivity index (χ4n) is 2.82. The van der Waals surface area contributed by atoms with Gasteiger partial charge >= 0.3 is 5.97 Å². The van der Waals surface area contributed by atoms with Gasteiger partial charge in [0.15, 0.2) is 5.78 Å². The van der Waals surface area contributed by atoms with E-state index in [1.165, 1.54) is 30.4 Å². The number of nitrogens with two attached hydrogens (primary N) is 1. The van der Waals surface area contributed by atoms with E-state index in [9.17, 15) is 14.4 Å². The van der Waals surface area contributed by atoms with Crippen molar-refractivity contribution in [2.45, 2.75) is 37.0 Å². The number of carbonyl (C=O) groups is 3. The summed E-state index contributed by atoms with van der Waals surface area (Å²) in [7, 11) is 3.75. The van der Waals surface area contributed by atoms with E-state index in [1.807, 2.05) is 21.0 Å². The van der Waals surface area contributed by atoms with Crippen molar-refractivity contribution < 1.29 is 19.1 Å². The lowest BCUT2D eigenvalue weighted by Crippen LogP contribution is -2.72. The SMILES string of the molecule is CCn1nnnc1SCC1(C(=O)OCC(C)=O)CS[C@@H]2C(N)C(=O)N2C1.CNC.Cl.Cl. The highest BCUT2D eigenvalue weighted by Gasteiger charge is 2.56. The number of aromatic nitrogens is 4. The number of carbonyl (C=O) groups excluding carboxylic acids is 3. The van der Waals surface area contributed by atoms with Gasteiger partial charge in [0, 0.05) is 24.6 Å². The molecule has 3 atom stereocenters. The predicted molar refractivity (Wildman–Crippen MR) is 124 cm³/mol. The van der Waals surface area contributed by atoms with Crippen LogP contribution in [0.3, 0.4) is 0 Å². The molecule has 0 radical (unpaired) electrons. The first-order valence-electron chi connectivity index (χ1n) is 9.11. The summed E-state index contributed by atoms with van der Waals surface area (Å²) < 4.78 is 6.83. The number of rotatable bonds is 7. The molecule has 2 aliphatic rings. The molecule has 1 aromatic rings. The number of thioether (sulfide) groups is 2. The number of ether oxygens (including phenoxy) is 1. The van der Waals surface area contributed by atoms with Crippen molar-refractivity contribution in [2.75, 3.05) is 38.8 Å². The van der Waals surface area contributed by atoms with Crippen LogP contribution in [0.4, 0.5) is 0 Å². The largest absolute Gasteiger partial charge is 0.457 e. The molecule has 0 bridgehead atoms. The maximum absolute atomic E-state index is 12.8. The third-order valence-electron chi connectivity index (χ3n) is 4.30. The maximum Gasteiger partial charge on any atom is 0.316 e. The van der Waals surface area contributed by atoms with Gasteiger partial charge in [0.05, 0.1) is 0 Å². The summed E-state index contributed by atoms with van der Waals surface area (Å²) in [5.41, 5.74) is 4.88. The number of aryl methyl sites for hydroxylation is 1. The number of β-lactam (4-membered cyclic amide) rings is 1. The van der Waals surface area contributed by atoms with Crippen molar-refractivity contribution in [3.8, 4) is 0 Å². The molecule has 0 aromatic carbocycles. The summed E-state index contributed by atoms with van der Waals surface area (Å²) in [6.07, 6.45) is 0. The van der Waals surface area contributed by atoms with Gasteiger partial charge in [-0.25, -0.2) is 4.68 Å². The van der Waals surface area contributed by atoms with Gasteiger partial charge in [-0.3, -0.25) is 14.4 Å². The molecule has 3 N–H and O–H groups in total. The molecule has 15 heteroatoms. The Bertz CT molecular complexity index is 757. The average molecular weight is 518 g/mol. The van der Waals surface area contributed by atoms with Crippen LogP contribution in [0.15, 0.2) is 5.16 Å². The van der Waals surface area contributed by atoms with Crippen molar-refractivity contribution >= 4 is 66.0 Å². The minimum absolute atomic E-state index is 0. The molecule has 2 aliphatic heterocycles. The summed E-state index contributed by atoms with van der Waals surface area (Å²) in [6, 6.07) is -0.522. The second kappa shape index (κ2) is 13.4. The van der Waals surface area contributed by atoms with Gasteiger partial charge in [0.1, 0.15) is 23.4 Å². The Morgan fingerprint density at radius 1 is 1.39 bits per heavy atom. The number of Topliss-reactive ketones (excluding diaryl/α,β-unsaturated/α-hetero) is 1. The first-order chi connectivity index (χ1) is 13.8. The van der Waals surface area contributed by atoms with Crippen molar-refractivity contribution in [1.29, 1.82) is 0 Å². The highest BCUT2D eigenvalue weighted by molar-refractivity contribution is 8.00. The second-order valence-corrected chi connectivity index (χ2v) is 8.87. The highest BCUT2D eigenvalue weighted by Crippen LogP contribution is 2.44. The number of ketones is 1. The molecule has 2 unspecified atom stereocenters. The molecule has 3 heterocycles. The monoisotopic (exact) mass is 517 g/mol. The fourth-order valence-corrected chi connectivity index (χ4v) is 5.56. The number of nitrogens with one attached hydrogen (secondary N) is 1. The maximum atomic E-state index is 12.8. The van der Waals surface area contributed by atoms with E-state index in [0.717, 1.165) is 0 Å². The zero-order chi connectivity index (χ0) is 21.6. The molecule has 0 aliphatic carbocycles. The zero-order valence-electron chi connectivity index (χ0n) is 17.8. The van der Waals surface area contributed by atoms with E-state index in [2.05, 4.69) is 20.8 Å². The van der Waals surface area contributed by atoms with E-state index in [0.29, 0.717) is 23.2 Å². The van der Waals surface area contributed by atoms with Crippen LogP contribution in [0, 0.1) is 5.41 Å². The lowest BCUT2D eigenvalue weighted by molar-refractivity contribution is -0.161. The van der Waals surface area contributed by atoms with E-state index >= 15 is 0 Å². The Kier molecular flexibility index (Phi) is 12.9. The average Bonchev–Trinajstić information content (AvgIpc) is 3.17. The van der Waals surface area contributed by atoms with Gasteiger partial charge in [0.25, 0.3) is 0 Å². The van der Waals surface area contributed by atoms with Crippen molar-refractivity contribution in [3.05, 3.63) is 0 Å². The zero-order valence-corrected chi connectivity index (χ0v) is 21.0. The van der Waals surface area contributed by atoms with Crippen LogP contribution in [0.25, 0.3) is 0 Å². The molecule has 31 heavy (non-hydrogen) atoms. The topological polar surface area (TPSA) is 145 Å². The molecule has 1 aromatic heterocycles. The number of hydrogen-bond donors (Lipinski definition) is 2. The first kappa shape index (κ1) is 29.9. The molecule has 3 rings (SSSR count). The Hall–Kier alpha value is -1.12. The van der Waals surface area contributed by atoms with Gasteiger partial charge in [-0.15, -0.1) is 41.7 Å². The van der Waals surface area contributed by atoms with Crippen LogP contribution in [0.2, 0.25) is 0 Å². The number of nitrogens with zero attached hydrogens (tertiary/aromatic N) is 5. The van der Waals surface area contributed by atoms with Gasteiger partial charge in [-0.1, -0.05) is 11.8 Å². The molecule has 1 amide bonds. The van der Waals surface area contributed by atoms with Crippen LogP contribution >= 0.6 is 48.3 Å². The molecule has 11 nitrogen and oxygen atoms in total. The Morgan fingerprint density at radius 3 is 2.61 bits per heavy atom. The fraction of sp³-hybridized carbons (Fsp3) is 0.750. The number of fused-ring (bicyclic) bond motifs is 1. The molecule has 2 fully saturated rings. The van der Waals surface area contributed by atoms with E-state index in [1.54, 1.807) is 9.58 Å². The molecule has 0 saturated carbocycles. The van der Waals surface area contributed by atoms with Crippen molar-refractivity contribution in [1.82, 2.24) is 30.4 Å². The molecular weight excluding hydrogens is 489 g/mol. The van der Waals surface area contributed by atoms with Crippen molar-refractivity contribution in [3.63, 3.8) is 0 Å². The van der Waals surface area contributed by atoms with E-state index < -0.39 is 17.4 Å². The smallest absolute Gasteiger partial charge is 0.316 e. The lowest BCUT2D eigenvalue weighted by atomic mass is 9.89. The van der Waals surface area contributed by atoms with Crippen LogP contribution in [-0.2, 0) is 25.7 Å². The highest BCUT2D eigenvalue weighted by atomic mass is 35.5. The molecule has 2 saturated heterocycles. The van der Waals surface area contributed by atoms with E-state index in [4.69, 9.17) is 10.5 Å².